The van der Waals surface area contributed by atoms with E-state index >= 15 is 0 Å². The van der Waals surface area contributed by atoms with Crippen LogP contribution in [0.1, 0.15) is 24.0 Å². The smallest absolute Gasteiger partial charge is 0.0709 e. The molecular formula is C48H33N2P. The van der Waals surface area contributed by atoms with Crippen molar-refractivity contribution in [3.8, 4) is 27.0 Å². The van der Waals surface area contributed by atoms with Gasteiger partial charge in [0.05, 0.1) is 11.0 Å². The maximum absolute atomic E-state index is 5.20. The number of pyridine rings is 2. The van der Waals surface area contributed by atoms with Gasteiger partial charge in [0.1, 0.15) is 0 Å². The van der Waals surface area contributed by atoms with E-state index in [0.717, 1.165) is 23.9 Å². The van der Waals surface area contributed by atoms with Gasteiger partial charge in [0.15, 0.2) is 0 Å². The van der Waals surface area contributed by atoms with E-state index in [1.165, 1.54) is 93.7 Å². The molecule has 0 atom stereocenters. The van der Waals surface area contributed by atoms with Crippen molar-refractivity contribution in [1.82, 2.24) is 9.97 Å². The zero-order valence-corrected chi connectivity index (χ0v) is 29.0. The first-order valence-electron chi connectivity index (χ1n) is 18.0. The summed E-state index contributed by atoms with van der Waals surface area (Å²) in [5, 5.41) is 17.0. The largest absolute Gasteiger partial charge is 0.256 e. The number of fused-ring (bicyclic) bond motifs is 11. The molecule has 0 saturated heterocycles. The monoisotopic (exact) mass is 668 g/mol. The Balaban J connectivity index is 1.24. The van der Waals surface area contributed by atoms with Crippen LogP contribution in [0.25, 0.3) is 91.9 Å². The summed E-state index contributed by atoms with van der Waals surface area (Å²) in [5.41, 5.74) is 7.69. The Hall–Kier alpha value is -5.82. The van der Waals surface area contributed by atoms with Gasteiger partial charge in [0.25, 0.3) is 0 Å². The van der Waals surface area contributed by atoms with E-state index in [1.54, 1.807) is 11.1 Å². The van der Waals surface area contributed by atoms with Crippen LogP contribution >= 0.6 is 7.53 Å². The Labute approximate surface area is 297 Å². The Kier molecular flexibility index (Phi) is 6.45. The normalized spacial score (nSPS) is 13.2. The summed E-state index contributed by atoms with van der Waals surface area (Å²) in [6, 6.07) is 51.5. The van der Waals surface area contributed by atoms with E-state index in [4.69, 9.17) is 9.97 Å². The SMILES string of the molecule is c1ccc(-p2c(-c3cnc4ccc5ccc6ccccc6c5c4c3)c3c(c2-c2cnc4ccc5ccc6ccccc6c5c4c2)CCCC3)cc1. The van der Waals surface area contributed by atoms with Gasteiger partial charge in [-0.05, 0) is 109 Å². The highest BCUT2D eigenvalue weighted by molar-refractivity contribution is 7.63. The zero-order chi connectivity index (χ0) is 33.5. The second-order valence-corrected chi connectivity index (χ2v) is 16.1. The fourth-order valence-corrected chi connectivity index (χ4v) is 11.9. The molecule has 0 N–H and O–H groups in total. The van der Waals surface area contributed by atoms with Gasteiger partial charge in [0, 0.05) is 44.9 Å². The standard InChI is InChI=1S/C48H33N2P/c1-2-12-36(13-3-1)51-47(34-26-41-43(49-28-34)24-22-32-20-18-30-10-4-6-14-37(30)45(32)41)39-16-8-9-17-40(39)48(51)35-27-42-44(50-29-35)25-23-33-21-19-31-11-5-7-15-38(31)46(33)42/h1-7,10-15,18-29H,8-9,16-17H2. The van der Waals surface area contributed by atoms with Gasteiger partial charge in [-0.1, -0.05) is 123 Å². The number of nitrogens with zero attached hydrogens (tertiary/aromatic N) is 2. The van der Waals surface area contributed by atoms with E-state index in [9.17, 15) is 0 Å². The molecule has 0 amide bonds. The molecule has 0 saturated carbocycles. The van der Waals surface area contributed by atoms with Crippen molar-refractivity contribution in [1.29, 1.82) is 0 Å². The lowest BCUT2D eigenvalue weighted by atomic mass is 9.89. The molecule has 7 aromatic carbocycles. The lowest BCUT2D eigenvalue weighted by molar-refractivity contribution is 0.692. The summed E-state index contributed by atoms with van der Waals surface area (Å²) in [5.74, 6) is 0. The number of benzene rings is 7. The summed E-state index contributed by atoms with van der Waals surface area (Å²) in [7, 11) is -0.857. The number of rotatable bonds is 3. The molecule has 0 bridgehead atoms. The lowest BCUT2D eigenvalue weighted by Gasteiger charge is -2.16. The van der Waals surface area contributed by atoms with Crippen LogP contribution in [0.5, 0.6) is 0 Å². The third kappa shape index (κ3) is 4.43. The Morgan fingerprint density at radius 2 is 0.863 bits per heavy atom. The fraction of sp³-hybridized carbons (Fsp3) is 0.0833. The minimum Gasteiger partial charge on any atom is -0.256 e. The quantitative estimate of drug-likeness (QED) is 0.175. The van der Waals surface area contributed by atoms with Gasteiger partial charge >= 0.3 is 0 Å². The van der Waals surface area contributed by atoms with Gasteiger partial charge < -0.3 is 0 Å². The van der Waals surface area contributed by atoms with E-state index in [-0.39, 0.29) is 0 Å². The lowest BCUT2D eigenvalue weighted by Crippen LogP contribution is -2.01. The van der Waals surface area contributed by atoms with E-state index < -0.39 is 7.53 Å². The molecule has 0 aliphatic heterocycles. The molecule has 51 heavy (non-hydrogen) atoms. The highest BCUT2D eigenvalue weighted by Crippen LogP contribution is 2.62. The van der Waals surface area contributed by atoms with Crippen molar-refractivity contribution >= 4 is 72.4 Å². The molecule has 2 nitrogen and oxygen atoms in total. The predicted octanol–water partition coefficient (Wildman–Crippen LogP) is 13.6. The molecule has 0 fully saturated rings. The predicted molar refractivity (Wildman–Crippen MR) is 219 cm³/mol. The fourth-order valence-electron chi connectivity index (χ4n) is 8.92. The van der Waals surface area contributed by atoms with Crippen LogP contribution in [0.2, 0.25) is 0 Å². The average Bonchev–Trinajstić information content (AvgIpc) is 3.55. The van der Waals surface area contributed by atoms with E-state index in [2.05, 4.69) is 152 Å². The van der Waals surface area contributed by atoms with Crippen LogP contribution in [-0.2, 0) is 12.8 Å². The van der Waals surface area contributed by atoms with Crippen molar-refractivity contribution in [2.24, 2.45) is 0 Å². The van der Waals surface area contributed by atoms with Gasteiger partial charge in [-0.2, -0.15) is 0 Å². The molecule has 240 valence electrons. The van der Waals surface area contributed by atoms with Crippen molar-refractivity contribution < 1.29 is 0 Å². The maximum Gasteiger partial charge on any atom is 0.0709 e. The topological polar surface area (TPSA) is 25.8 Å². The third-order valence-electron chi connectivity index (χ3n) is 11.2. The van der Waals surface area contributed by atoms with E-state index in [1.807, 2.05) is 0 Å². The zero-order valence-electron chi connectivity index (χ0n) is 28.1. The number of hydrogen-bond donors (Lipinski definition) is 0. The first-order valence-corrected chi connectivity index (χ1v) is 19.4. The molecule has 0 radical (unpaired) electrons. The van der Waals surface area contributed by atoms with Gasteiger partial charge in [-0.15, -0.1) is 0 Å². The van der Waals surface area contributed by atoms with Gasteiger partial charge in [-0.25, -0.2) is 0 Å². The van der Waals surface area contributed by atoms with Crippen LogP contribution in [0.15, 0.2) is 152 Å². The molecular weight excluding hydrogens is 636 g/mol. The van der Waals surface area contributed by atoms with Gasteiger partial charge in [0.2, 0.25) is 0 Å². The highest BCUT2D eigenvalue weighted by Gasteiger charge is 2.29. The summed E-state index contributed by atoms with van der Waals surface area (Å²) < 4.78 is 0. The highest BCUT2D eigenvalue weighted by atomic mass is 31.1. The van der Waals surface area contributed by atoms with Gasteiger partial charge in [-0.3, -0.25) is 9.97 Å². The van der Waals surface area contributed by atoms with Crippen molar-refractivity contribution in [3.63, 3.8) is 0 Å². The summed E-state index contributed by atoms with van der Waals surface area (Å²) in [4.78, 5) is 10.4. The molecule has 3 heterocycles. The van der Waals surface area contributed by atoms with Crippen molar-refractivity contribution in [2.75, 3.05) is 0 Å². The van der Waals surface area contributed by atoms with Crippen LogP contribution in [-0.4, -0.2) is 9.97 Å². The Bertz CT molecular complexity index is 2830. The first-order chi connectivity index (χ1) is 25.3. The van der Waals surface area contributed by atoms with Crippen LogP contribution in [0, 0.1) is 0 Å². The molecule has 1 aliphatic carbocycles. The molecule has 0 unspecified atom stereocenters. The Morgan fingerprint density at radius 3 is 1.39 bits per heavy atom. The third-order valence-corrected chi connectivity index (χ3v) is 14.0. The molecule has 3 aromatic heterocycles. The first kappa shape index (κ1) is 29.0. The Morgan fingerprint density at radius 1 is 0.412 bits per heavy atom. The molecule has 3 heteroatoms. The molecule has 1 aliphatic rings. The molecule has 10 aromatic rings. The maximum atomic E-state index is 5.20. The number of aromatic nitrogens is 2. The summed E-state index contributed by atoms with van der Waals surface area (Å²) in [6.45, 7) is 0. The minimum absolute atomic E-state index is 0.857. The van der Waals surface area contributed by atoms with Crippen LogP contribution in [0.4, 0.5) is 0 Å². The second-order valence-electron chi connectivity index (χ2n) is 14.0. The summed E-state index contributed by atoms with van der Waals surface area (Å²) >= 11 is 0. The molecule has 0 spiro atoms. The number of hydrogen-bond acceptors (Lipinski definition) is 2. The van der Waals surface area contributed by atoms with Crippen LogP contribution in [0.3, 0.4) is 0 Å². The minimum atomic E-state index is -0.857. The molecule has 11 rings (SSSR count). The van der Waals surface area contributed by atoms with Crippen LogP contribution < -0.4 is 0 Å². The summed E-state index contributed by atoms with van der Waals surface area (Å²) in [6.07, 6.45) is 8.96. The second kappa shape index (κ2) is 11.4. The van der Waals surface area contributed by atoms with E-state index in [0.29, 0.717) is 0 Å². The average molecular weight is 669 g/mol. The van der Waals surface area contributed by atoms with Crippen molar-refractivity contribution in [2.45, 2.75) is 25.7 Å². The van der Waals surface area contributed by atoms with Crippen molar-refractivity contribution in [3.05, 3.63) is 163 Å².